The van der Waals surface area contributed by atoms with Crippen molar-refractivity contribution >= 4 is 16.8 Å². The molecule has 3 rings (SSSR count). The predicted octanol–water partition coefficient (Wildman–Crippen LogP) is 3.36. The van der Waals surface area contributed by atoms with Crippen LogP contribution in [-0.2, 0) is 0 Å². The fraction of sp³-hybridized carbons (Fsp3) is 0. The summed E-state index contributed by atoms with van der Waals surface area (Å²) in [5.74, 6) is -1.22. The minimum Gasteiger partial charge on any atom is -0.436 e. The Balaban J connectivity index is 2.22. The third kappa shape index (κ3) is 1.69. The molecule has 3 nitrogen and oxygen atoms in total. The van der Waals surface area contributed by atoms with E-state index in [2.05, 4.69) is 4.98 Å². The van der Waals surface area contributed by atoms with Crippen LogP contribution in [0.1, 0.15) is 0 Å². The number of rotatable bonds is 1. The number of para-hydroxylation sites is 1. The lowest BCUT2D eigenvalue weighted by molar-refractivity contribution is 0.578. The minimum atomic E-state index is -0.680. The van der Waals surface area contributed by atoms with E-state index in [1.165, 1.54) is 0 Å². The topological polar surface area (TPSA) is 52.0 Å². The van der Waals surface area contributed by atoms with Crippen molar-refractivity contribution in [2.75, 3.05) is 5.73 Å². The van der Waals surface area contributed by atoms with Gasteiger partial charge in [-0.25, -0.2) is 13.8 Å². The summed E-state index contributed by atoms with van der Waals surface area (Å²) in [7, 11) is 0. The summed E-state index contributed by atoms with van der Waals surface area (Å²) in [4.78, 5) is 4.14. The van der Waals surface area contributed by atoms with Gasteiger partial charge in [0.25, 0.3) is 0 Å². The normalized spacial score (nSPS) is 11.0. The molecule has 0 spiro atoms. The molecule has 0 atom stereocenters. The van der Waals surface area contributed by atoms with Crippen molar-refractivity contribution in [2.45, 2.75) is 0 Å². The van der Waals surface area contributed by atoms with Gasteiger partial charge in [0.1, 0.15) is 17.2 Å². The lowest BCUT2D eigenvalue weighted by Crippen LogP contribution is -1.86. The van der Waals surface area contributed by atoms with Gasteiger partial charge >= 0.3 is 0 Å². The summed E-state index contributed by atoms with van der Waals surface area (Å²) < 4.78 is 31.6. The van der Waals surface area contributed by atoms with Gasteiger partial charge in [0.05, 0.1) is 5.69 Å². The van der Waals surface area contributed by atoms with Crippen LogP contribution in [0.5, 0.6) is 0 Å². The number of oxazole rings is 1. The van der Waals surface area contributed by atoms with E-state index in [4.69, 9.17) is 10.2 Å². The largest absolute Gasteiger partial charge is 0.436 e. The molecule has 0 aliphatic carbocycles. The zero-order valence-electron chi connectivity index (χ0n) is 9.15. The number of aromatic nitrogens is 1. The Labute approximate surface area is 101 Å². The monoisotopic (exact) mass is 246 g/mol. The maximum Gasteiger partial charge on any atom is 0.227 e. The standard InChI is InChI=1S/C13H8F2N2O/c14-8-4-7(5-9(15)6-8)13-17-12-10(16)2-1-3-11(12)18-13/h1-6H,16H2. The quantitative estimate of drug-likeness (QED) is 0.670. The molecule has 0 unspecified atom stereocenters. The van der Waals surface area contributed by atoms with Crippen molar-refractivity contribution in [3.05, 3.63) is 48.0 Å². The second-order valence-corrected chi connectivity index (χ2v) is 3.87. The fourth-order valence-corrected chi connectivity index (χ4v) is 1.77. The van der Waals surface area contributed by atoms with Crippen LogP contribution in [0.4, 0.5) is 14.5 Å². The number of benzene rings is 2. The molecule has 0 aliphatic rings. The van der Waals surface area contributed by atoms with E-state index in [1.54, 1.807) is 18.2 Å². The molecule has 5 heteroatoms. The van der Waals surface area contributed by atoms with Crippen LogP contribution >= 0.6 is 0 Å². The fourth-order valence-electron chi connectivity index (χ4n) is 1.77. The minimum absolute atomic E-state index is 0.140. The van der Waals surface area contributed by atoms with Crippen molar-refractivity contribution in [2.24, 2.45) is 0 Å². The SMILES string of the molecule is Nc1cccc2oc(-c3cc(F)cc(F)c3)nc12. The molecular formula is C13H8F2N2O. The Morgan fingerprint density at radius 1 is 1.06 bits per heavy atom. The molecule has 0 amide bonds. The molecule has 0 bridgehead atoms. The highest BCUT2D eigenvalue weighted by Gasteiger charge is 2.12. The van der Waals surface area contributed by atoms with Crippen LogP contribution in [0.3, 0.4) is 0 Å². The van der Waals surface area contributed by atoms with Crippen molar-refractivity contribution in [3.63, 3.8) is 0 Å². The Hall–Kier alpha value is -2.43. The Bertz CT molecular complexity index is 717. The van der Waals surface area contributed by atoms with Gasteiger partial charge in [0.2, 0.25) is 5.89 Å². The molecule has 2 N–H and O–H groups in total. The third-order valence-corrected chi connectivity index (χ3v) is 2.56. The maximum atomic E-state index is 13.1. The third-order valence-electron chi connectivity index (χ3n) is 2.56. The highest BCUT2D eigenvalue weighted by molar-refractivity contribution is 5.87. The Morgan fingerprint density at radius 3 is 2.44 bits per heavy atom. The maximum absolute atomic E-state index is 13.1. The number of hydrogen-bond acceptors (Lipinski definition) is 3. The zero-order chi connectivity index (χ0) is 12.7. The molecule has 0 saturated heterocycles. The molecule has 90 valence electrons. The van der Waals surface area contributed by atoms with Crippen LogP contribution in [0.15, 0.2) is 40.8 Å². The summed E-state index contributed by atoms with van der Waals surface area (Å²) >= 11 is 0. The second-order valence-electron chi connectivity index (χ2n) is 3.87. The number of anilines is 1. The number of fused-ring (bicyclic) bond motifs is 1. The first-order valence-electron chi connectivity index (χ1n) is 5.25. The van der Waals surface area contributed by atoms with Gasteiger partial charge in [-0.05, 0) is 24.3 Å². The van der Waals surface area contributed by atoms with Gasteiger partial charge in [-0.3, -0.25) is 0 Å². The molecule has 3 aromatic rings. The van der Waals surface area contributed by atoms with E-state index >= 15 is 0 Å². The van der Waals surface area contributed by atoms with Gasteiger partial charge in [-0.1, -0.05) is 6.07 Å². The predicted molar refractivity (Wildman–Crippen MR) is 63.8 cm³/mol. The molecule has 0 radical (unpaired) electrons. The first-order chi connectivity index (χ1) is 8.63. The number of nitrogens with zero attached hydrogens (tertiary/aromatic N) is 1. The summed E-state index contributed by atoms with van der Waals surface area (Å²) in [5, 5.41) is 0. The molecule has 18 heavy (non-hydrogen) atoms. The molecule has 0 saturated carbocycles. The number of nitrogens with two attached hydrogens (primary N) is 1. The van der Waals surface area contributed by atoms with E-state index in [9.17, 15) is 8.78 Å². The Kier molecular flexibility index (Phi) is 2.26. The molecular weight excluding hydrogens is 238 g/mol. The van der Waals surface area contributed by atoms with Crippen molar-refractivity contribution < 1.29 is 13.2 Å². The Morgan fingerprint density at radius 2 is 1.78 bits per heavy atom. The second kappa shape index (κ2) is 3.80. The van der Waals surface area contributed by atoms with Gasteiger partial charge < -0.3 is 10.2 Å². The van der Waals surface area contributed by atoms with E-state index in [-0.39, 0.29) is 11.5 Å². The van der Waals surface area contributed by atoms with Crippen LogP contribution in [0.2, 0.25) is 0 Å². The van der Waals surface area contributed by atoms with Gasteiger partial charge in [0.15, 0.2) is 5.58 Å². The number of nitrogen functional groups attached to an aromatic ring is 1. The van der Waals surface area contributed by atoms with Crippen molar-refractivity contribution in [1.29, 1.82) is 0 Å². The van der Waals surface area contributed by atoms with Crippen molar-refractivity contribution in [1.82, 2.24) is 4.98 Å². The molecule has 2 aromatic carbocycles. The smallest absolute Gasteiger partial charge is 0.227 e. The molecule has 1 aromatic heterocycles. The van der Waals surface area contributed by atoms with Crippen LogP contribution in [-0.4, -0.2) is 4.98 Å². The average molecular weight is 246 g/mol. The molecule has 1 heterocycles. The molecule has 0 aliphatic heterocycles. The van der Waals surface area contributed by atoms with Gasteiger partial charge in [-0.2, -0.15) is 0 Å². The first-order valence-corrected chi connectivity index (χ1v) is 5.25. The molecule has 0 fully saturated rings. The van der Waals surface area contributed by atoms with Crippen molar-refractivity contribution in [3.8, 4) is 11.5 Å². The summed E-state index contributed by atoms with van der Waals surface area (Å²) in [6.45, 7) is 0. The highest BCUT2D eigenvalue weighted by Crippen LogP contribution is 2.28. The number of hydrogen-bond donors (Lipinski definition) is 1. The van der Waals surface area contributed by atoms with Crippen LogP contribution in [0.25, 0.3) is 22.6 Å². The van der Waals surface area contributed by atoms with E-state index in [1.807, 2.05) is 0 Å². The summed E-state index contributed by atoms with van der Waals surface area (Å²) in [5.41, 5.74) is 7.40. The van der Waals surface area contributed by atoms with E-state index in [0.717, 1.165) is 18.2 Å². The zero-order valence-corrected chi connectivity index (χ0v) is 9.15. The van der Waals surface area contributed by atoms with Gasteiger partial charge in [-0.15, -0.1) is 0 Å². The lowest BCUT2D eigenvalue weighted by atomic mass is 10.2. The van der Waals surface area contributed by atoms with Crippen LogP contribution in [0, 0.1) is 11.6 Å². The highest BCUT2D eigenvalue weighted by atomic mass is 19.1. The lowest BCUT2D eigenvalue weighted by Gasteiger charge is -1.96. The summed E-state index contributed by atoms with van der Waals surface area (Å²) in [6.07, 6.45) is 0. The first kappa shape index (κ1) is 10.7. The number of halogens is 2. The summed E-state index contributed by atoms with van der Waals surface area (Å²) in [6, 6.07) is 8.20. The van der Waals surface area contributed by atoms with Gasteiger partial charge in [0, 0.05) is 11.6 Å². The van der Waals surface area contributed by atoms with Crippen LogP contribution < -0.4 is 5.73 Å². The average Bonchev–Trinajstić information content (AvgIpc) is 2.73. The van der Waals surface area contributed by atoms with E-state index < -0.39 is 11.6 Å². The van der Waals surface area contributed by atoms with E-state index in [0.29, 0.717) is 16.8 Å².